The Morgan fingerprint density at radius 1 is 1.12 bits per heavy atom. The summed E-state index contributed by atoms with van der Waals surface area (Å²) in [5.74, 6) is -1.45. The molecule has 0 saturated carbocycles. The second kappa shape index (κ2) is 6.23. The van der Waals surface area contributed by atoms with Gasteiger partial charge in [0, 0.05) is 12.1 Å². The van der Waals surface area contributed by atoms with Gasteiger partial charge in [-0.1, -0.05) is 30.3 Å². The molecule has 1 atom stereocenters. The molecule has 0 spiro atoms. The highest BCUT2D eigenvalue weighted by Crippen LogP contribution is 2.35. The molecular formula is C18H14F3NO3. The van der Waals surface area contributed by atoms with Crippen molar-refractivity contribution in [2.75, 3.05) is 0 Å². The first-order chi connectivity index (χ1) is 11.8. The molecule has 1 amide bonds. The quantitative estimate of drug-likeness (QED) is 0.911. The largest absolute Gasteiger partial charge is 0.481 e. The summed E-state index contributed by atoms with van der Waals surface area (Å²) in [5, 5.41) is 9.17. The minimum Gasteiger partial charge on any atom is -0.481 e. The number of halogens is 3. The van der Waals surface area contributed by atoms with E-state index < -0.39 is 23.8 Å². The summed E-state index contributed by atoms with van der Waals surface area (Å²) in [6.45, 7) is 0.230. The highest BCUT2D eigenvalue weighted by atomic mass is 19.4. The van der Waals surface area contributed by atoms with Crippen molar-refractivity contribution in [3.63, 3.8) is 0 Å². The maximum absolute atomic E-state index is 12.7. The van der Waals surface area contributed by atoms with E-state index in [0.29, 0.717) is 11.1 Å². The van der Waals surface area contributed by atoms with Crippen LogP contribution in [0.3, 0.4) is 0 Å². The van der Waals surface area contributed by atoms with Crippen LogP contribution < -0.4 is 0 Å². The predicted octanol–water partition coefficient (Wildman–Crippen LogP) is 3.88. The number of amides is 1. The van der Waals surface area contributed by atoms with Gasteiger partial charge in [-0.05, 0) is 29.3 Å². The van der Waals surface area contributed by atoms with Gasteiger partial charge in [0.15, 0.2) is 0 Å². The molecule has 0 fully saturated rings. The number of benzene rings is 2. The van der Waals surface area contributed by atoms with E-state index in [9.17, 15) is 27.9 Å². The molecule has 25 heavy (non-hydrogen) atoms. The zero-order valence-electron chi connectivity index (χ0n) is 13.0. The Morgan fingerprint density at radius 2 is 1.76 bits per heavy atom. The fraction of sp³-hybridized carbons (Fsp3) is 0.222. The molecule has 0 bridgehead atoms. The van der Waals surface area contributed by atoms with E-state index in [-0.39, 0.29) is 18.9 Å². The van der Waals surface area contributed by atoms with Gasteiger partial charge in [-0.2, -0.15) is 13.2 Å². The summed E-state index contributed by atoms with van der Waals surface area (Å²) >= 11 is 0. The molecule has 1 aliphatic rings. The molecule has 2 aromatic rings. The predicted molar refractivity (Wildman–Crippen MR) is 82.8 cm³/mol. The third-order valence-corrected chi connectivity index (χ3v) is 4.22. The molecule has 7 heteroatoms. The van der Waals surface area contributed by atoms with E-state index in [1.165, 1.54) is 17.0 Å². The molecule has 1 heterocycles. The van der Waals surface area contributed by atoms with E-state index in [4.69, 9.17) is 0 Å². The molecule has 3 rings (SSSR count). The molecule has 0 aliphatic carbocycles. The fourth-order valence-electron chi connectivity index (χ4n) is 3.00. The lowest BCUT2D eigenvalue weighted by Crippen LogP contribution is -2.31. The van der Waals surface area contributed by atoms with Gasteiger partial charge >= 0.3 is 12.1 Å². The van der Waals surface area contributed by atoms with Crippen molar-refractivity contribution in [2.24, 2.45) is 0 Å². The molecule has 130 valence electrons. The standard InChI is InChI=1S/C18H14F3NO3/c19-18(20,21)13-7-5-11(6-8-13)15(9-16(23)24)22-10-12-3-1-2-4-14(12)17(22)25/h1-8,15H,9-10H2,(H,23,24)/t15-/m1/s1. The van der Waals surface area contributed by atoms with Crippen LogP contribution in [0.2, 0.25) is 0 Å². The Bertz CT molecular complexity index is 815. The first kappa shape index (κ1) is 17.0. The van der Waals surface area contributed by atoms with Crippen molar-refractivity contribution >= 4 is 11.9 Å². The van der Waals surface area contributed by atoms with Crippen LogP contribution in [0.15, 0.2) is 48.5 Å². The zero-order valence-corrected chi connectivity index (χ0v) is 13.0. The second-order valence-corrected chi connectivity index (χ2v) is 5.82. The summed E-state index contributed by atoms with van der Waals surface area (Å²) in [6, 6.07) is 10.3. The van der Waals surface area contributed by atoms with Crippen LogP contribution in [-0.2, 0) is 17.5 Å². The minimum atomic E-state index is -4.47. The normalized spacial score (nSPS) is 15.2. The number of nitrogens with zero attached hydrogens (tertiary/aromatic N) is 1. The third kappa shape index (κ3) is 3.35. The first-order valence-electron chi connectivity index (χ1n) is 7.55. The lowest BCUT2D eigenvalue weighted by molar-refractivity contribution is -0.139. The van der Waals surface area contributed by atoms with Gasteiger partial charge in [0.1, 0.15) is 0 Å². The van der Waals surface area contributed by atoms with Crippen molar-refractivity contribution in [3.05, 3.63) is 70.8 Å². The van der Waals surface area contributed by atoms with Crippen LogP contribution in [0.4, 0.5) is 13.2 Å². The highest BCUT2D eigenvalue weighted by Gasteiger charge is 2.35. The van der Waals surface area contributed by atoms with Gasteiger partial charge in [-0.15, -0.1) is 0 Å². The smallest absolute Gasteiger partial charge is 0.416 e. The summed E-state index contributed by atoms with van der Waals surface area (Å²) in [7, 11) is 0. The summed E-state index contributed by atoms with van der Waals surface area (Å²) in [5.41, 5.74) is 0.803. The zero-order chi connectivity index (χ0) is 18.2. The average Bonchev–Trinajstić information content (AvgIpc) is 2.89. The molecule has 1 aliphatic heterocycles. The van der Waals surface area contributed by atoms with E-state index in [0.717, 1.165) is 17.7 Å². The molecule has 0 aromatic heterocycles. The van der Waals surface area contributed by atoms with Crippen LogP contribution in [-0.4, -0.2) is 21.9 Å². The Labute approximate surface area is 141 Å². The molecule has 4 nitrogen and oxygen atoms in total. The van der Waals surface area contributed by atoms with E-state index in [1.54, 1.807) is 24.3 Å². The van der Waals surface area contributed by atoms with Crippen molar-refractivity contribution in [1.82, 2.24) is 4.90 Å². The van der Waals surface area contributed by atoms with Crippen LogP contribution in [0.1, 0.15) is 39.5 Å². The molecule has 1 N–H and O–H groups in total. The third-order valence-electron chi connectivity index (χ3n) is 4.22. The molecule has 0 radical (unpaired) electrons. The lowest BCUT2D eigenvalue weighted by Gasteiger charge is -2.27. The monoisotopic (exact) mass is 349 g/mol. The number of rotatable bonds is 4. The second-order valence-electron chi connectivity index (χ2n) is 5.82. The van der Waals surface area contributed by atoms with E-state index in [2.05, 4.69) is 0 Å². The fourth-order valence-corrected chi connectivity index (χ4v) is 3.00. The van der Waals surface area contributed by atoms with E-state index in [1.807, 2.05) is 0 Å². The maximum Gasteiger partial charge on any atom is 0.416 e. The van der Waals surface area contributed by atoms with Crippen molar-refractivity contribution < 1.29 is 27.9 Å². The van der Waals surface area contributed by atoms with Crippen LogP contribution in [0.25, 0.3) is 0 Å². The summed E-state index contributed by atoms with van der Waals surface area (Å²) < 4.78 is 38.1. The van der Waals surface area contributed by atoms with Gasteiger partial charge in [0.25, 0.3) is 5.91 Å². The van der Waals surface area contributed by atoms with Crippen molar-refractivity contribution in [3.8, 4) is 0 Å². The lowest BCUT2D eigenvalue weighted by atomic mass is 10.0. The minimum absolute atomic E-state index is 0.230. The Hall–Kier alpha value is -2.83. The number of hydrogen-bond acceptors (Lipinski definition) is 2. The summed E-state index contributed by atoms with van der Waals surface area (Å²) in [4.78, 5) is 25.2. The number of fused-ring (bicyclic) bond motifs is 1. The van der Waals surface area contributed by atoms with Gasteiger partial charge in [0.05, 0.1) is 18.0 Å². The molecule has 2 aromatic carbocycles. The number of carbonyl (C=O) groups excluding carboxylic acids is 1. The number of carboxylic acid groups (broad SMARTS) is 1. The topological polar surface area (TPSA) is 57.6 Å². The number of carboxylic acids is 1. The van der Waals surface area contributed by atoms with Crippen LogP contribution >= 0.6 is 0 Å². The Morgan fingerprint density at radius 3 is 2.32 bits per heavy atom. The van der Waals surface area contributed by atoms with Crippen LogP contribution in [0.5, 0.6) is 0 Å². The Kier molecular flexibility index (Phi) is 4.24. The maximum atomic E-state index is 12.7. The Balaban J connectivity index is 1.94. The molecular weight excluding hydrogens is 335 g/mol. The number of alkyl halides is 3. The van der Waals surface area contributed by atoms with Crippen molar-refractivity contribution in [2.45, 2.75) is 25.2 Å². The highest BCUT2D eigenvalue weighted by molar-refractivity contribution is 5.98. The van der Waals surface area contributed by atoms with Crippen LogP contribution in [0, 0.1) is 0 Å². The SMILES string of the molecule is O=C(O)C[C@H](c1ccc(C(F)(F)F)cc1)N1Cc2ccccc2C1=O. The molecule has 0 saturated heterocycles. The molecule has 0 unspecified atom stereocenters. The number of hydrogen-bond donors (Lipinski definition) is 1. The van der Waals surface area contributed by atoms with Gasteiger partial charge in [-0.25, -0.2) is 0 Å². The van der Waals surface area contributed by atoms with Crippen molar-refractivity contribution in [1.29, 1.82) is 0 Å². The van der Waals surface area contributed by atoms with Gasteiger partial charge in [0.2, 0.25) is 0 Å². The van der Waals surface area contributed by atoms with Gasteiger partial charge < -0.3 is 10.0 Å². The van der Waals surface area contributed by atoms with E-state index >= 15 is 0 Å². The first-order valence-corrected chi connectivity index (χ1v) is 7.55. The number of carbonyl (C=O) groups is 2. The average molecular weight is 349 g/mol. The summed E-state index contributed by atoms with van der Waals surface area (Å²) in [6.07, 6.45) is -4.86. The number of aliphatic carboxylic acids is 1. The van der Waals surface area contributed by atoms with Gasteiger partial charge in [-0.3, -0.25) is 9.59 Å².